The van der Waals surface area contributed by atoms with Gasteiger partial charge in [0, 0.05) is 5.54 Å². The zero-order valence-electron chi connectivity index (χ0n) is 11.0. The Morgan fingerprint density at radius 1 is 1.12 bits per heavy atom. The normalized spacial score (nSPS) is 17.1. The van der Waals surface area contributed by atoms with Gasteiger partial charge in [-0.3, -0.25) is 9.59 Å². The van der Waals surface area contributed by atoms with Crippen molar-refractivity contribution in [2.45, 2.75) is 32.2 Å². The van der Waals surface area contributed by atoms with Crippen molar-refractivity contribution in [2.24, 2.45) is 5.92 Å². The van der Waals surface area contributed by atoms with Crippen molar-refractivity contribution < 1.29 is 19.1 Å². The molecule has 0 spiro atoms. The summed E-state index contributed by atoms with van der Waals surface area (Å²) < 4.78 is 9.96. The van der Waals surface area contributed by atoms with Gasteiger partial charge in [0.15, 0.2) is 5.92 Å². The van der Waals surface area contributed by atoms with E-state index in [1.54, 1.807) is 13.8 Å². The molecule has 0 saturated heterocycles. The van der Waals surface area contributed by atoms with Crippen molar-refractivity contribution in [1.29, 1.82) is 0 Å². The largest absolute Gasteiger partial charge is 0.465 e. The minimum Gasteiger partial charge on any atom is -0.465 e. The van der Waals surface area contributed by atoms with Crippen molar-refractivity contribution >= 4 is 11.9 Å². The minimum atomic E-state index is -0.822. The van der Waals surface area contributed by atoms with E-state index in [1.807, 2.05) is 19.0 Å². The summed E-state index contributed by atoms with van der Waals surface area (Å²) in [5, 5.41) is 0. The molecule has 1 aliphatic carbocycles. The maximum absolute atomic E-state index is 11.9. The highest BCUT2D eigenvalue weighted by molar-refractivity contribution is 5.97. The number of carbonyl (C=O) groups excluding carboxylic acids is 2. The van der Waals surface area contributed by atoms with Gasteiger partial charge in [0.05, 0.1) is 13.2 Å². The predicted octanol–water partition coefficient (Wildman–Crippen LogP) is 0.823. The lowest BCUT2D eigenvalue weighted by Crippen LogP contribution is -2.47. The molecule has 0 heterocycles. The van der Waals surface area contributed by atoms with Crippen LogP contribution in [-0.4, -0.2) is 49.7 Å². The molecule has 0 aromatic heterocycles. The maximum Gasteiger partial charge on any atom is 0.322 e. The van der Waals surface area contributed by atoms with Crippen molar-refractivity contribution in [3.63, 3.8) is 0 Å². The van der Waals surface area contributed by atoms with E-state index < -0.39 is 23.4 Å². The Kier molecular flexibility index (Phi) is 4.51. The average Bonchev–Trinajstić information content (AvgIpc) is 3.00. The molecule has 0 radical (unpaired) electrons. The van der Waals surface area contributed by atoms with Gasteiger partial charge in [-0.15, -0.1) is 0 Å². The molecule has 1 fully saturated rings. The van der Waals surface area contributed by atoms with E-state index in [0.29, 0.717) is 0 Å². The number of hydrogen-bond acceptors (Lipinski definition) is 5. The van der Waals surface area contributed by atoms with Crippen molar-refractivity contribution in [1.82, 2.24) is 4.90 Å². The molecule has 0 aromatic carbocycles. The van der Waals surface area contributed by atoms with Gasteiger partial charge in [-0.25, -0.2) is 0 Å². The van der Waals surface area contributed by atoms with E-state index in [4.69, 9.17) is 9.47 Å². The van der Waals surface area contributed by atoms with Gasteiger partial charge in [-0.1, -0.05) is 0 Å². The summed E-state index contributed by atoms with van der Waals surface area (Å²) in [6.45, 7) is 4.02. The predicted molar refractivity (Wildman–Crippen MR) is 62.4 cm³/mol. The van der Waals surface area contributed by atoms with Gasteiger partial charge in [-0.05, 0) is 40.8 Å². The smallest absolute Gasteiger partial charge is 0.322 e. The first-order valence-electron chi connectivity index (χ1n) is 6.00. The van der Waals surface area contributed by atoms with Crippen LogP contribution in [0.1, 0.15) is 26.7 Å². The third kappa shape index (κ3) is 2.77. The Bertz CT molecular complexity index is 279. The van der Waals surface area contributed by atoms with Crippen molar-refractivity contribution in [3.05, 3.63) is 0 Å². The molecule has 17 heavy (non-hydrogen) atoms. The topological polar surface area (TPSA) is 55.8 Å². The van der Waals surface area contributed by atoms with Crippen LogP contribution in [-0.2, 0) is 19.1 Å². The number of nitrogens with zero attached hydrogens (tertiary/aromatic N) is 1. The van der Waals surface area contributed by atoms with E-state index in [0.717, 1.165) is 12.8 Å². The van der Waals surface area contributed by atoms with Gasteiger partial charge >= 0.3 is 11.9 Å². The van der Waals surface area contributed by atoms with Crippen LogP contribution in [0.5, 0.6) is 0 Å². The summed E-state index contributed by atoms with van der Waals surface area (Å²) in [6, 6.07) is 0. The molecule has 98 valence electrons. The molecule has 1 rings (SSSR count). The van der Waals surface area contributed by atoms with Crippen molar-refractivity contribution in [3.8, 4) is 0 Å². The van der Waals surface area contributed by atoms with Crippen LogP contribution < -0.4 is 0 Å². The number of ether oxygens (including phenoxy) is 2. The highest BCUT2D eigenvalue weighted by Gasteiger charge is 2.58. The lowest BCUT2D eigenvalue weighted by Gasteiger charge is -2.29. The van der Waals surface area contributed by atoms with Gasteiger partial charge in [-0.2, -0.15) is 0 Å². The third-order valence-electron chi connectivity index (χ3n) is 3.23. The second kappa shape index (κ2) is 5.49. The van der Waals surface area contributed by atoms with Crippen LogP contribution in [0.15, 0.2) is 0 Å². The number of carbonyl (C=O) groups is 2. The number of esters is 2. The molecule has 0 aromatic rings. The molecule has 0 atom stereocenters. The first-order valence-corrected chi connectivity index (χ1v) is 6.00. The molecule has 1 aliphatic rings. The third-order valence-corrected chi connectivity index (χ3v) is 3.23. The Morgan fingerprint density at radius 3 is 1.76 bits per heavy atom. The Morgan fingerprint density at radius 2 is 1.53 bits per heavy atom. The summed E-state index contributed by atoms with van der Waals surface area (Å²) in [4.78, 5) is 25.7. The zero-order valence-corrected chi connectivity index (χ0v) is 11.0. The van der Waals surface area contributed by atoms with Crippen LogP contribution in [0.2, 0.25) is 0 Å². The fraction of sp³-hybridized carbons (Fsp3) is 0.833. The van der Waals surface area contributed by atoms with Gasteiger partial charge in [0.2, 0.25) is 0 Å². The maximum atomic E-state index is 11.9. The number of hydrogen-bond donors (Lipinski definition) is 0. The molecule has 0 bridgehead atoms. The first kappa shape index (κ1) is 14.0. The van der Waals surface area contributed by atoms with Gasteiger partial charge in [0.1, 0.15) is 0 Å². The Labute approximate surface area is 102 Å². The molecule has 0 amide bonds. The second-order valence-corrected chi connectivity index (χ2v) is 4.44. The zero-order chi connectivity index (χ0) is 13.1. The van der Waals surface area contributed by atoms with E-state index >= 15 is 0 Å². The standard InChI is InChI=1S/C12H21NO4/c1-5-16-10(14)9(11(15)17-6-2)12(7-8-12)13(3)4/h9H,5-8H2,1-4H3. The quantitative estimate of drug-likeness (QED) is 0.511. The van der Waals surface area contributed by atoms with Crippen LogP contribution >= 0.6 is 0 Å². The molecular weight excluding hydrogens is 222 g/mol. The SMILES string of the molecule is CCOC(=O)C(C(=O)OCC)C1(N(C)C)CC1. The van der Waals surface area contributed by atoms with Crippen LogP contribution in [0.3, 0.4) is 0 Å². The lowest BCUT2D eigenvalue weighted by atomic mass is 9.96. The molecular formula is C12H21NO4. The minimum absolute atomic E-state index is 0.276. The molecule has 5 nitrogen and oxygen atoms in total. The first-order chi connectivity index (χ1) is 7.99. The molecule has 0 aliphatic heterocycles. The fourth-order valence-corrected chi connectivity index (χ4v) is 2.11. The average molecular weight is 243 g/mol. The lowest BCUT2D eigenvalue weighted by molar-refractivity contribution is -0.165. The van der Waals surface area contributed by atoms with E-state index in [9.17, 15) is 9.59 Å². The Balaban J connectivity index is 2.87. The molecule has 0 unspecified atom stereocenters. The summed E-state index contributed by atoms with van der Waals surface area (Å²) in [5.41, 5.74) is -0.404. The molecule has 1 saturated carbocycles. The molecule has 5 heteroatoms. The number of rotatable bonds is 6. The highest BCUT2D eigenvalue weighted by atomic mass is 16.6. The van der Waals surface area contributed by atoms with Crippen molar-refractivity contribution in [2.75, 3.05) is 27.3 Å². The fourth-order valence-electron chi connectivity index (χ4n) is 2.11. The molecule has 0 N–H and O–H groups in total. The summed E-state index contributed by atoms with van der Waals surface area (Å²) in [7, 11) is 3.75. The summed E-state index contributed by atoms with van der Waals surface area (Å²) >= 11 is 0. The summed E-state index contributed by atoms with van der Waals surface area (Å²) in [5.74, 6) is -1.77. The monoisotopic (exact) mass is 243 g/mol. The Hall–Kier alpha value is -1.10. The van der Waals surface area contributed by atoms with E-state index in [1.165, 1.54) is 0 Å². The van der Waals surface area contributed by atoms with Crippen LogP contribution in [0, 0.1) is 5.92 Å². The van der Waals surface area contributed by atoms with Gasteiger partial charge in [0.25, 0.3) is 0 Å². The summed E-state index contributed by atoms with van der Waals surface area (Å²) in [6.07, 6.45) is 1.64. The van der Waals surface area contributed by atoms with E-state index in [-0.39, 0.29) is 13.2 Å². The van der Waals surface area contributed by atoms with E-state index in [2.05, 4.69) is 0 Å². The highest BCUT2D eigenvalue weighted by Crippen LogP contribution is 2.47. The second-order valence-electron chi connectivity index (χ2n) is 4.44. The van der Waals surface area contributed by atoms with Gasteiger partial charge < -0.3 is 14.4 Å². The van der Waals surface area contributed by atoms with Crippen LogP contribution in [0.4, 0.5) is 0 Å². The van der Waals surface area contributed by atoms with Crippen LogP contribution in [0.25, 0.3) is 0 Å².